The van der Waals surface area contributed by atoms with E-state index in [-0.39, 0.29) is 16.4 Å². The Hall–Kier alpha value is -3.78. The fourth-order valence-electron chi connectivity index (χ4n) is 4.71. The van der Waals surface area contributed by atoms with Crippen molar-refractivity contribution in [1.82, 2.24) is 14.5 Å². The van der Waals surface area contributed by atoms with Crippen LogP contribution in [0.3, 0.4) is 0 Å². The number of anilines is 1. The van der Waals surface area contributed by atoms with Crippen molar-refractivity contribution in [2.24, 2.45) is 0 Å². The van der Waals surface area contributed by atoms with Gasteiger partial charge in [-0.15, -0.1) is 0 Å². The molecule has 3 aromatic carbocycles. The van der Waals surface area contributed by atoms with Gasteiger partial charge in [-0.3, -0.25) is 10.1 Å². The van der Waals surface area contributed by atoms with Gasteiger partial charge in [-0.05, 0) is 54.7 Å². The average molecular weight is 474 g/mol. The molecule has 0 unspecified atom stereocenters. The van der Waals surface area contributed by atoms with Gasteiger partial charge in [0.15, 0.2) is 0 Å². The van der Waals surface area contributed by atoms with E-state index in [1.165, 1.54) is 18.2 Å². The monoisotopic (exact) mass is 473 g/mol. The summed E-state index contributed by atoms with van der Waals surface area (Å²) in [5, 5.41) is 14.7. The highest BCUT2D eigenvalue weighted by Gasteiger charge is 2.21. The highest BCUT2D eigenvalue weighted by Crippen LogP contribution is 2.24. The minimum absolute atomic E-state index is 0.147. The first-order chi connectivity index (χ1) is 17.0. The van der Waals surface area contributed by atoms with Crippen LogP contribution in [0.5, 0.6) is 0 Å². The van der Waals surface area contributed by atoms with E-state index >= 15 is 0 Å². The first-order valence-corrected chi connectivity index (χ1v) is 12.0. The molecule has 0 aliphatic carbocycles. The van der Waals surface area contributed by atoms with Crippen LogP contribution in [0, 0.1) is 15.9 Å². The molecule has 7 nitrogen and oxygen atoms in total. The van der Waals surface area contributed by atoms with Gasteiger partial charge in [-0.2, -0.15) is 0 Å². The van der Waals surface area contributed by atoms with Crippen molar-refractivity contribution in [1.29, 1.82) is 0 Å². The number of imidazole rings is 1. The zero-order chi connectivity index (χ0) is 24.2. The van der Waals surface area contributed by atoms with Gasteiger partial charge >= 0.3 is 0 Å². The quantitative estimate of drug-likeness (QED) is 0.279. The molecule has 1 aromatic heterocycles. The molecule has 0 radical (unpaired) electrons. The van der Waals surface area contributed by atoms with Crippen LogP contribution in [0.2, 0.25) is 0 Å². The van der Waals surface area contributed by atoms with Crippen LogP contribution < -0.4 is 5.32 Å². The second-order valence-corrected chi connectivity index (χ2v) is 9.07. The summed E-state index contributed by atoms with van der Waals surface area (Å²) in [6.45, 7) is 3.43. The van der Waals surface area contributed by atoms with Crippen LogP contribution in [0.15, 0.2) is 72.8 Å². The summed E-state index contributed by atoms with van der Waals surface area (Å²) in [5.74, 6) is 0.602. The Morgan fingerprint density at radius 3 is 2.54 bits per heavy atom. The Balaban J connectivity index is 1.21. The van der Waals surface area contributed by atoms with Crippen LogP contribution >= 0.6 is 0 Å². The number of rotatable bonds is 8. The summed E-state index contributed by atoms with van der Waals surface area (Å²) in [4.78, 5) is 17.9. The zero-order valence-electron chi connectivity index (χ0n) is 19.4. The van der Waals surface area contributed by atoms with Crippen LogP contribution in [-0.4, -0.2) is 45.1 Å². The van der Waals surface area contributed by atoms with E-state index in [2.05, 4.69) is 20.9 Å². The topological polar surface area (TPSA) is 76.2 Å². The fourth-order valence-corrected chi connectivity index (χ4v) is 4.71. The number of piperidine rings is 1. The number of nitrogens with one attached hydrogen (secondary N) is 1. The summed E-state index contributed by atoms with van der Waals surface area (Å²) >= 11 is 0. The maximum Gasteiger partial charge on any atom is 0.269 e. The highest BCUT2D eigenvalue weighted by molar-refractivity contribution is 5.78. The molecule has 1 aliphatic rings. The van der Waals surface area contributed by atoms with E-state index in [0.717, 1.165) is 67.0 Å². The first kappa shape index (κ1) is 23.0. The summed E-state index contributed by atoms with van der Waals surface area (Å²) in [6, 6.07) is 21.9. The van der Waals surface area contributed by atoms with Gasteiger partial charge in [-0.25, -0.2) is 9.37 Å². The number of nitrogens with zero attached hydrogens (tertiary/aromatic N) is 4. The molecular weight excluding hydrogens is 445 g/mol. The third-order valence-electron chi connectivity index (χ3n) is 6.67. The number of nitro benzene ring substituents is 1. The number of likely N-dealkylation sites (tertiary alicyclic amines) is 1. The molecule has 0 saturated carbocycles. The van der Waals surface area contributed by atoms with E-state index in [9.17, 15) is 14.5 Å². The molecule has 0 atom stereocenters. The Labute approximate surface area is 203 Å². The van der Waals surface area contributed by atoms with Gasteiger partial charge < -0.3 is 14.8 Å². The molecule has 1 aliphatic heterocycles. The number of benzene rings is 3. The third-order valence-corrected chi connectivity index (χ3v) is 6.67. The molecule has 8 heteroatoms. The summed E-state index contributed by atoms with van der Waals surface area (Å²) in [5.41, 5.74) is 4.15. The van der Waals surface area contributed by atoms with E-state index in [1.807, 2.05) is 36.4 Å². The van der Waals surface area contributed by atoms with Gasteiger partial charge in [0.1, 0.15) is 5.82 Å². The van der Waals surface area contributed by atoms with Crippen LogP contribution in [0.25, 0.3) is 11.0 Å². The Morgan fingerprint density at radius 1 is 1.00 bits per heavy atom. The lowest BCUT2D eigenvalue weighted by Crippen LogP contribution is -2.40. The molecule has 35 heavy (non-hydrogen) atoms. The average Bonchev–Trinajstić information content (AvgIpc) is 3.22. The number of hydrogen-bond acceptors (Lipinski definition) is 5. The predicted molar refractivity (Wildman–Crippen MR) is 135 cm³/mol. The SMILES string of the molecule is O=[N+]([O-])c1cccc(CCN2CCC(Nc3nc4ccccc4n3Cc3ccc(F)cc3)CC2)c1. The number of para-hydroxylation sites is 2. The number of halogens is 1. The van der Waals surface area contributed by atoms with Crippen LogP contribution in [0.1, 0.15) is 24.0 Å². The van der Waals surface area contributed by atoms with E-state index in [4.69, 9.17) is 4.98 Å². The molecule has 0 bridgehead atoms. The van der Waals surface area contributed by atoms with Crippen molar-refractivity contribution >= 4 is 22.7 Å². The molecule has 1 fully saturated rings. The number of nitro groups is 1. The molecule has 5 rings (SSSR count). The minimum atomic E-state index is -0.343. The first-order valence-electron chi connectivity index (χ1n) is 12.0. The molecule has 1 N–H and O–H groups in total. The van der Waals surface area contributed by atoms with Gasteiger partial charge in [0.05, 0.1) is 22.5 Å². The highest BCUT2D eigenvalue weighted by atomic mass is 19.1. The third kappa shape index (κ3) is 5.49. The van der Waals surface area contributed by atoms with Gasteiger partial charge in [0, 0.05) is 37.8 Å². The van der Waals surface area contributed by atoms with Crippen molar-refractivity contribution in [3.8, 4) is 0 Å². The molecule has 0 spiro atoms. The van der Waals surface area contributed by atoms with Crippen molar-refractivity contribution in [3.63, 3.8) is 0 Å². The Bertz CT molecular complexity index is 1310. The lowest BCUT2D eigenvalue weighted by atomic mass is 10.0. The van der Waals surface area contributed by atoms with Crippen LogP contribution in [-0.2, 0) is 13.0 Å². The maximum atomic E-state index is 13.4. The van der Waals surface area contributed by atoms with E-state index in [1.54, 1.807) is 12.1 Å². The van der Waals surface area contributed by atoms with Crippen LogP contribution in [0.4, 0.5) is 16.0 Å². The Kier molecular flexibility index (Phi) is 6.72. The standard InChI is InChI=1S/C27H28FN5O2/c28-22-10-8-21(9-11-22)19-32-26-7-2-1-6-25(26)30-27(32)29-23-13-16-31(17-14-23)15-12-20-4-3-5-24(18-20)33(34)35/h1-11,18,23H,12-17,19H2,(H,29,30). The van der Waals surface area contributed by atoms with Crippen molar-refractivity contribution < 1.29 is 9.31 Å². The fraction of sp³-hybridized carbons (Fsp3) is 0.296. The minimum Gasteiger partial charge on any atom is -0.353 e. The second kappa shape index (κ2) is 10.2. The molecule has 1 saturated heterocycles. The van der Waals surface area contributed by atoms with E-state index in [0.29, 0.717) is 12.6 Å². The largest absolute Gasteiger partial charge is 0.353 e. The number of fused-ring (bicyclic) bond motifs is 1. The summed E-state index contributed by atoms with van der Waals surface area (Å²) in [7, 11) is 0. The smallest absolute Gasteiger partial charge is 0.269 e. The second-order valence-electron chi connectivity index (χ2n) is 9.07. The van der Waals surface area contributed by atoms with Crippen molar-refractivity contribution in [3.05, 3.63) is 99.9 Å². The summed E-state index contributed by atoms with van der Waals surface area (Å²) < 4.78 is 15.5. The molecule has 180 valence electrons. The van der Waals surface area contributed by atoms with Gasteiger partial charge in [0.25, 0.3) is 5.69 Å². The lowest BCUT2D eigenvalue weighted by molar-refractivity contribution is -0.384. The van der Waals surface area contributed by atoms with Crippen molar-refractivity contribution in [2.75, 3.05) is 25.0 Å². The number of aromatic nitrogens is 2. The number of non-ortho nitro benzene ring substituents is 1. The molecular formula is C27H28FN5O2. The normalized spacial score (nSPS) is 14.9. The Morgan fingerprint density at radius 2 is 1.77 bits per heavy atom. The zero-order valence-corrected chi connectivity index (χ0v) is 19.4. The molecule has 4 aromatic rings. The maximum absolute atomic E-state index is 13.4. The molecule has 2 heterocycles. The van der Waals surface area contributed by atoms with Crippen molar-refractivity contribution in [2.45, 2.75) is 31.8 Å². The predicted octanol–water partition coefficient (Wildman–Crippen LogP) is 5.25. The van der Waals surface area contributed by atoms with Gasteiger partial charge in [-0.1, -0.05) is 36.4 Å². The lowest BCUT2D eigenvalue weighted by Gasteiger charge is -2.32. The molecule has 0 amide bonds. The van der Waals surface area contributed by atoms with Gasteiger partial charge in [0.2, 0.25) is 5.95 Å². The number of hydrogen-bond donors (Lipinski definition) is 1. The summed E-state index contributed by atoms with van der Waals surface area (Å²) in [6.07, 6.45) is 2.79. The van der Waals surface area contributed by atoms with E-state index < -0.39 is 0 Å².